The fourth-order valence-electron chi connectivity index (χ4n) is 2.38. The average molecular weight is 320 g/mol. The van der Waals surface area contributed by atoms with E-state index in [9.17, 15) is 8.42 Å². The quantitative estimate of drug-likeness (QED) is 0.788. The monoisotopic (exact) mass is 319 g/mol. The molecule has 1 fully saturated rings. The van der Waals surface area contributed by atoms with Crippen LogP contribution >= 0.6 is 11.6 Å². The minimum Gasteiger partial charge on any atom is -0.383 e. The van der Waals surface area contributed by atoms with Crippen molar-refractivity contribution in [1.82, 2.24) is 14.3 Å². The summed E-state index contributed by atoms with van der Waals surface area (Å²) in [6.07, 6.45) is 4.33. The van der Waals surface area contributed by atoms with Crippen LogP contribution in [0.3, 0.4) is 0 Å². The van der Waals surface area contributed by atoms with Gasteiger partial charge in [-0.3, -0.25) is 0 Å². The zero-order chi connectivity index (χ0) is 14.8. The molecule has 2 rings (SSSR count). The largest absolute Gasteiger partial charge is 0.383 e. The number of anilines is 2. The van der Waals surface area contributed by atoms with Crippen molar-refractivity contribution in [2.45, 2.75) is 18.9 Å². The Morgan fingerprint density at radius 2 is 2.25 bits per heavy atom. The number of hydrogen-bond donors (Lipinski definition) is 2. The Kier molecular flexibility index (Phi) is 4.66. The zero-order valence-electron chi connectivity index (χ0n) is 11.4. The highest BCUT2D eigenvalue weighted by atomic mass is 35.5. The molecule has 1 aliphatic rings. The van der Waals surface area contributed by atoms with Crippen molar-refractivity contribution in [2.24, 2.45) is 0 Å². The molecule has 0 radical (unpaired) electrons. The van der Waals surface area contributed by atoms with Crippen molar-refractivity contribution in [3.63, 3.8) is 0 Å². The van der Waals surface area contributed by atoms with Gasteiger partial charge in [-0.05, 0) is 12.8 Å². The summed E-state index contributed by atoms with van der Waals surface area (Å²) in [7, 11) is -1.43. The van der Waals surface area contributed by atoms with Gasteiger partial charge >= 0.3 is 0 Å². The molecule has 0 unspecified atom stereocenters. The number of nitrogens with one attached hydrogen (secondary N) is 2. The van der Waals surface area contributed by atoms with Crippen molar-refractivity contribution in [2.75, 3.05) is 37.0 Å². The van der Waals surface area contributed by atoms with Gasteiger partial charge in [-0.2, -0.15) is 4.31 Å². The standard InChI is InChI=1S/C11H18ClN5O2S/c1-13-9-10(12)15-7-16-11(9)14-6-8-4-3-5-17(8)20(2,18)19/h7-8,13H,3-6H2,1-2H3,(H,14,15,16)/t8-/m0/s1. The summed E-state index contributed by atoms with van der Waals surface area (Å²) in [6.45, 7) is 1.07. The lowest BCUT2D eigenvalue weighted by Crippen LogP contribution is -2.38. The number of sulfonamides is 1. The molecule has 1 atom stereocenters. The molecule has 1 aromatic heterocycles. The van der Waals surface area contributed by atoms with Crippen molar-refractivity contribution in [1.29, 1.82) is 0 Å². The molecule has 1 saturated heterocycles. The Morgan fingerprint density at radius 3 is 2.90 bits per heavy atom. The predicted molar refractivity (Wildman–Crippen MR) is 79.7 cm³/mol. The fraction of sp³-hybridized carbons (Fsp3) is 0.636. The van der Waals surface area contributed by atoms with E-state index in [0.29, 0.717) is 29.7 Å². The number of halogens is 1. The summed E-state index contributed by atoms with van der Waals surface area (Å²) >= 11 is 5.97. The molecular formula is C11H18ClN5O2S. The third-order valence-corrected chi connectivity index (χ3v) is 4.92. The third-order valence-electron chi connectivity index (χ3n) is 3.31. The van der Waals surface area contributed by atoms with Crippen molar-refractivity contribution in [3.05, 3.63) is 11.5 Å². The van der Waals surface area contributed by atoms with Gasteiger partial charge in [0.1, 0.15) is 12.0 Å². The molecule has 112 valence electrons. The van der Waals surface area contributed by atoms with Crippen molar-refractivity contribution >= 4 is 33.1 Å². The molecule has 0 bridgehead atoms. The number of nitrogens with zero attached hydrogens (tertiary/aromatic N) is 3. The van der Waals surface area contributed by atoms with Gasteiger partial charge in [0.05, 0.1) is 6.26 Å². The highest BCUT2D eigenvalue weighted by molar-refractivity contribution is 7.88. The molecule has 7 nitrogen and oxygen atoms in total. The van der Waals surface area contributed by atoms with Gasteiger partial charge in [0.15, 0.2) is 11.0 Å². The van der Waals surface area contributed by atoms with E-state index in [1.807, 2.05) is 0 Å². The second kappa shape index (κ2) is 6.11. The maximum absolute atomic E-state index is 11.7. The first kappa shape index (κ1) is 15.3. The Morgan fingerprint density at radius 1 is 1.50 bits per heavy atom. The van der Waals surface area contributed by atoms with E-state index in [0.717, 1.165) is 12.8 Å². The average Bonchev–Trinajstić information content (AvgIpc) is 2.84. The summed E-state index contributed by atoms with van der Waals surface area (Å²) in [5.74, 6) is 0.577. The predicted octanol–water partition coefficient (Wildman–Crippen LogP) is 1.01. The van der Waals surface area contributed by atoms with Crippen LogP contribution in [0.15, 0.2) is 6.33 Å². The Bertz CT molecular complexity index is 580. The van der Waals surface area contributed by atoms with Crippen LogP contribution in [0.1, 0.15) is 12.8 Å². The first-order chi connectivity index (χ1) is 9.43. The van der Waals surface area contributed by atoms with Crippen LogP contribution in [0.2, 0.25) is 5.15 Å². The Hall–Kier alpha value is -1.12. The van der Waals surface area contributed by atoms with E-state index >= 15 is 0 Å². The van der Waals surface area contributed by atoms with Crippen molar-refractivity contribution < 1.29 is 8.42 Å². The number of hydrogen-bond acceptors (Lipinski definition) is 6. The van der Waals surface area contributed by atoms with E-state index in [1.54, 1.807) is 7.05 Å². The summed E-state index contributed by atoms with van der Waals surface area (Å²) < 4.78 is 24.9. The summed E-state index contributed by atoms with van der Waals surface area (Å²) in [4.78, 5) is 8.01. The van der Waals surface area contributed by atoms with E-state index in [2.05, 4.69) is 20.6 Å². The van der Waals surface area contributed by atoms with Gasteiger partial charge in [0.25, 0.3) is 0 Å². The van der Waals surface area contributed by atoms with Gasteiger partial charge in [-0.25, -0.2) is 18.4 Å². The molecule has 0 saturated carbocycles. The number of aromatic nitrogens is 2. The lowest BCUT2D eigenvalue weighted by molar-refractivity contribution is 0.402. The number of rotatable bonds is 5. The van der Waals surface area contributed by atoms with Gasteiger partial charge in [0, 0.05) is 26.2 Å². The maximum atomic E-state index is 11.7. The van der Waals surface area contributed by atoms with Crippen LogP contribution in [0.4, 0.5) is 11.5 Å². The SMILES string of the molecule is CNc1c(Cl)ncnc1NC[C@@H]1CCCN1S(C)(=O)=O. The molecule has 2 heterocycles. The molecule has 20 heavy (non-hydrogen) atoms. The molecule has 1 aliphatic heterocycles. The lowest BCUT2D eigenvalue weighted by Gasteiger charge is -2.23. The third kappa shape index (κ3) is 3.31. The zero-order valence-corrected chi connectivity index (χ0v) is 13.0. The minimum atomic E-state index is -3.16. The van der Waals surface area contributed by atoms with E-state index < -0.39 is 10.0 Å². The summed E-state index contributed by atoms with van der Waals surface area (Å²) in [6, 6.07) is -0.0524. The van der Waals surface area contributed by atoms with Crippen LogP contribution in [0.25, 0.3) is 0 Å². The van der Waals surface area contributed by atoms with Crippen LogP contribution in [0.5, 0.6) is 0 Å². The normalized spacial score (nSPS) is 20.1. The molecule has 0 amide bonds. The van der Waals surface area contributed by atoms with Gasteiger partial charge < -0.3 is 10.6 Å². The van der Waals surface area contributed by atoms with Crippen molar-refractivity contribution in [3.8, 4) is 0 Å². The van der Waals surface area contributed by atoms with Crippen LogP contribution in [-0.4, -0.2) is 55.1 Å². The van der Waals surface area contributed by atoms with Crippen LogP contribution in [-0.2, 0) is 10.0 Å². The van der Waals surface area contributed by atoms with E-state index in [4.69, 9.17) is 11.6 Å². The molecule has 0 aliphatic carbocycles. The first-order valence-electron chi connectivity index (χ1n) is 6.32. The molecule has 1 aromatic rings. The van der Waals surface area contributed by atoms with E-state index in [1.165, 1.54) is 16.9 Å². The topological polar surface area (TPSA) is 87.2 Å². The summed E-state index contributed by atoms with van der Waals surface area (Å²) in [5, 5.41) is 6.40. The molecule has 9 heteroatoms. The van der Waals surface area contributed by atoms with Gasteiger partial charge in [0.2, 0.25) is 10.0 Å². The lowest BCUT2D eigenvalue weighted by atomic mass is 10.2. The Labute approximate surface area is 123 Å². The molecular weight excluding hydrogens is 302 g/mol. The summed E-state index contributed by atoms with van der Waals surface area (Å²) in [5.41, 5.74) is 0.609. The van der Waals surface area contributed by atoms with Crippen LogP contribution < -0.4 is 10.6 Å². The Balaban J connectivity index is 2.07. The van der Waals surface area contributed by atoms with Gasteiger partial charge in [-0.15, -0.1) is 0 Å². The molecule has 0 aromatic carbocycles. The molecule has 2 N–H and O–H groups in total. The first-order valence-corrected chi connectivity index (χ1v) is 8.55. The minimum absolute atomic E-state index is 0.0524. The van der Waals surface area contributed by atoms with Gasteiger partial charge in [-0.1, -0.05) is 11.6 Å². The maximum Gasteiger partial charge on any atom is 0.211 e. The fourth-order valence-corrected chi connectivity index (χ4v) is 3.79. The van der Waals surface area contributed by atoms with E-state index in [-0.39, 0.29) is 6.04 Å². The highest BCUT2D eigenvalue weighted by Gasteiger charge is 2.31. The molecule has 0 spiro atoms. The second-order valence-electron chi connectivity index (χ2n) is 4.69. The second-order valence-corrected chi connectivity index (χ2v) is 6.98. The smallest absolute Gasteiger partial charge is 0.211 e. The highest BCUT2D eigenvalue weighted by Crippen LogP contribution is 2.26. The van der Waals surface area contributed by atoms with Crippen LogP contribution in [0, 0.1) is 0 Å².